The standard InChI is InChI=1S/C20H21N5O4/c1-13-4-2-5-14(8-13)18-17(21-12-29-18)19(26)23-15-9-22-24(10-15)11-16-6-3-7-25(16)20(27)28/h2,4-5,8-10,12,16H,3,6-7,11H2,1H3,(H,23,26)(H,27,28). The van der Waals surface area contributed by atoms with Crippen LogP contribution in [0.15, 0.2) is 47.5 Å². The Hall–Kier alpha value is -3.62. The Labute approximate surface area is 167 Å². The SMILES string of the molecule is Cc1cccc(-c2ocnc2C(=O)Nc2cnn(CC3CCCN3C(=O)O)c2)c1. The van der Waals surface area contributed by atoms with Crippen molar-refractivity contribution in [2.75, 3.05) is 11.9 Å². The molecule has 1 fully saturated rings. The molecule has 9 nitrogen and oxygen atoms in total. The summed E-state index contributed by atoms with van der Waals surface area (Å²) in [6.07, 6.45) is 5.19. The van der Waals surface area contributed by atoms with Crippen LogP contribution < -0.4 is 5.32 Å². The van der Waals surface area contributed by atoms with Gasteiger partial charge in [-0.25, -0.2) is 9.78 Å². The van der Waals surface area contributed by atoms with Crippen molar-refractivity contribution in [1.82, 2.24) is 19.7 Å². The van der Waals surface area contributed by atoms with Gasteiger partial charge in [-0.3, -0.25) is 9.48 Å². The van der Waals surface area contributed by atoms with Crippen molar-refractivity contribution in [2.45, 2.75) is 32.4 Å². The molecule has 1 unspecified atom stereocenters. The molecule has 4 rings (SSSR count). The number of aryl methyl sites for hydroxylation is 1. The summed E-state index contributed by atoms with van der Waals surface area (Å²) in [4.78, 5) is 29.5. The Morgan fingerprint density at radius 3 is 3.03 bits per heavy atom. The molecule has 150 valence electrons. The number of aromatic nitrogens is 3. The van der Waals surface area contributed by atoms with Crippen molar-refractivity contribution < 1.29 is 19.1 Å². The molecule has 3 aromatic rings. The van der Waals surface area contributed by atoms with Crippen molar-refractivity contribution >= 4 is 17.7 Å². The number of benzene rings is 1. The van der Waals surface area contributed by atoms with Crippen LogP contribution in [0.4, 0.5) is 10.5 Å². The fourth-order valence-electron chi connectivity index (χ4n) is 3.61. The fourth-order valence-corrected chi connectivity index (χ4v) is 3.61. The lowest BCUT2D eigenvalue weighted by atomic mass is 10.1. The Kier molecular flexibility index (Phi) is 5.03. The van der Waals surface area contributed by atoms with E-state index in [4.69, 9.17) is 4.42 Å². The third-order valence-electron chi connectivity index (χ3n) is 4.97. The van der Waals surface area contributed by atoms with E-state index in [-0.39, 0.29) is 11.7 Å². The van der Waals surface area contributed by atoms with Crippen molar-refractivity contribution in [1.29, 1.82) is 0 Å². The van der Waals surface area contributed by atoms with Gasteiger partial charge in [0.15, 0.2) is 17.8 Å². The lowest BCUT2D eigenvalue weighted by molar-refractivity contribution is 0.102. The maximum atomic E-state index is 12.7. The van der Waals surface area contributed by atoms with Crippen LogP contribution in [0, 0.1) is 6.92 Å². The smallest absolute Gasteiger partial charge is 0.407 e. The highest BCUT2D eigenvalue weighted by Gasteiger charge is 2.29. The van der Waals surface area contributed by atoms with Crippen molar-refractivity contribution in [2.24, 2.45) is 0 Å². The minimum atomic E-state index is -0.914. The van der Waals surface area contributed by atoms with E-state index in [1.165, 1.54) is 17.5 Å². The summed E-state index contributed by atoms with van der Waals surface area (Å²) < 4.78 is 7.08. The lowest BCUT2D eigenvalue weighted by Gasteiger charge is -2.21. The number of carboxylic acid groups (broad SMARTS) is 1. The highest BCUT2D eigenvalue weighted by atomic mass is 16.4. The molecule has 2 aromatic heterocycles. The molecule has 1 aromatic carbocycles. The zero-order valence-corrected chi connectivity index (χ0v) is 15.9. The molecule has 0 radical (unpaired) electrons. The van der Waals surface area contributed by atoms with E-state index in [2.05, 4.69) is 15.4 Å². The average Bonchev–Trinajstić information content (AvgIpc) is 3.42. The Bertz CT molecular complexity index is 1040. The number of likely N-dealkylation sites (tertiary alicyclic amines) is 1. The second kappa shape index (κ2) is 7.78. The van der Waals surface area contributed by atoms with Gasteiger partial charge in [-0.1, -0.05) is 23.8 Å². The summed E-state index contributed by atoms with van der Waals surface area (Å²) in [6, 6.07) is 7.52. The average molecular weight is 395 g/mol. The lowest BCUT2D eigenvalue weighted by Crippen LogP contribution is -2.37. The minimum Gasteiger partial charge on any atom is -0.465 e. The van der Waals surface area contributed by atoms with Gasteiger partial charge in [0.1, 0.15) is 0 Å². The van der Waals surface area contributed by atoms with Crippen LogP contribution in [0.5, 0.6) is 0 Å². The van der Waals surface area contributed by atoms with E-state index in [9.17, 15) is 14.7 Å². The summed E-state index contributed by atoms with van der Waals surface area (Å²) in [5.74, 6) is 0.00415. The molecule has 0 bridgehead atoms. The quantitative estimate of drug-likeness (QED) is 0.686. The second-order valence-electron chi connectivity index (χ2n) is 7.08. The zero-order chi connectivity index (χ0) is 20.4. The summed E-state index contributed by atoms with van der Waals surface area (Å²) in [5, 5.41) is 16.3. The number of carbonyl (C=O) groups excluding carboxylic acids is 1. The summed E-state index contributed by atoms with van der Waals surface area (Å²) in [7, 11) is 0. The number of nitrogens with one attached hydrogen (secondary N) is 1. The maximum absolute atomic E-state index is 12.7. The molecule has 3 heterocycles. The number of hydrogen-bond acceptors (Lipinski definition) is 5. The van der Waals surface area contributed by atoms with Crippen LogP contribution in [0.1, 0.15) is 28.9 Å². The highest BCUT2D eigenvalue weighted by molar-refractivity contribution is 6.06. The number of anilines is 1. The van der Waals surface area contributed by atoms with Gasteiger partial charge in [-0.2, -0.15) is 5.10 Å². The van der Waals surface area contributed by atoms with Gasteiger partial charge in [0.2, 0.25) is 0 Å². The fraction of sp³-hybridized carbons (Fsp3) is 0.300. The van der Waals surface area contributed by atoms with Gasteiger partial charge in [0.05, 0.1) is 24.5 Å². The minimum absolute atomic E-state index is 0.112. The summed E-state index contributed by atoms with van der Waals surface area (Å²) >= 11 is 0. The van der Waals surface area contributed by atoms with E-state index in [1.807, 2.05) is 31.2 Å². The molecule has 1 saturated heterocycles. The molecule has 0 spiro atoms. The van der Waals surface area contributed by atoms with Crippen LogP contribution >= 0.6 is 0 Å². The largest absolute Gasteiger partial charge is 0.465 e. The number of oxazole rings is 1. The molecule has 1 aliphatic heterocycles. The number of rotatable bonds is 5. The predicted octanol–water partition coefficient (Wildman–Crippen LogP) is 3.24. The number of nitrogens with zero attached hydrogens (tertiary/aromatic N) is 4. The second-order valence-corrected chi connectivity index (χ2v) is 7.08. The van der Waals surface area contributed by atoms with Crippen molar-refractivity contribution in [3.63, 3.8) is 0 Å². The molecule has 9 heteroatoms. The predicted molar refractivity (Wildman–Crippen MR) is 105 cm³/mol. The van der Waals surface area contributed by atoms with Crippen LogP contribution in [-0.4, -0.2) is 49.4 Å². The number of amides is 2. The van der Waals surface area contributed by atoms with Crippen LogP contribution in [0.2, 0.25) is 0 Å². The van der Waals surface area contributed by atoms with E-state index in [0.717, 1.165) is 24.0 Å². The summed E-state index contributed by atoms with van der Waals surface area (Å²) in [6.45, 7) is 2.95. The Morgan fingerprint density at radius 1 is 1.38 bits per heavy atom. The first-order valence-electron chi connectivity index (χ1n) is 9.35. The van der Waals surface area contributed by atoms with Gasteiger partial charge < -0.3 is 19.7 Å². The highest BCUT2D eigenvalue weighted by Crippen LogP contribution is 2.25. The van der Waals surface area contributed by atoms with Crippen LogP contribution in [0.3, 0.4) is 0 Å². The van der Waals surface area contributed by atoms with Gasteiger partial charge >= 0.3 is 6.09 Å². The van der Waals surface area contributed by atoms with E-state index >= 15 is 0 Å². The topological polar surface area (TPSA) is 113 Å². The Morgan fingerprint density at radius 2 is 2.24 bits per heavy atom. The molecule has 2 amide bonds. The third-order valence-corrected chi connectivity index (χ3v) is 4.97. The van der Waals surface area contributed by atoms with Crippen LogP contribution in [-0.2, 0) is 6.54 Å². The molecular formula is C20H21N5O4. The first-order chi connectivity index (χ1) is 14.0. The van der Waals surface area contributed by atoms with Gasteiger partial charge in [-0.05, 0) is 25.8 Å². The van der Waals surface area contributed by atoms with Gasteiger partial charge in [0.25, 0.3) is 5.91 Å². The first kappa shape index (κ1) is 18.7. The van der Waals surface area contributed by atoms with Crippen LogP contribution in [0.25, 0.3) is 11.3 Å². The number of hydrogen-bond donors (Lipinski definition) is 2. The zero-order valence-electron chi connectivity index (χ0n) is 15.9. The van der Waals surface area contributed by atoms with Crippen molar-refractivity contribution in [3.8, 4) is 11.3 Å². The molecular weight excluding hydrogens is 374 g/mol. The number of carbonyl (C=O) groups is 2. The summed E-state index contributed by atoms with van der Waals surface area (Å²) in [5.41, 5.74) is 2.52. The molecule has 0 saturated carbocycles. The van der Waals surface area contributed by atoms with Gasteiger partial charge in [0, 0.05) is 18.3 Å². The normalized spacial score (nSPS) is 16.2. The molecule has 2 N–H and O–H groups in total. The van der Waals surface area contributed by atoms with E-state index in [1.54, 1.807) is 10.9 Å². The van der Waals surface area contributed by atoms with Gasteiger partial charge in [-0.15, -0.1) is 0 Å². The molecule has 1 aliphatic rings. The molecule has 1 atom stereocenters. The van der Waals surface area contributed by atoms with E-state index < -0.39 is 12.0 Å². The molecule has 29 heavy (non-hydrogen) atoms. The Balaban J connectivity index is 1.45. The monoisotopic (exact) mass is 395 g/mol. The van der Waals surface area contributed by atoms with Crippen molar-refractivity contribution in [3.05, 3.63) is 54.3 Å². The van der Waals surface area contributed by atoms with E-state index in [0.29, 0.717) is 24.5 Å². The maximum Gasteiger partial charge on any atom is 0.407 e. The first-order valence-corrected chi connectivity index (χ1v) is 9.35. The molecule has 0 aliphatic carbocycles. The third kappa shape index (κ3) is 3.98.